The van der Waals surface area contributed by atoms with Gasteiger partial charge in [0.05, 0.1) is 6.20 Å². The summed E-state index contributed by atoms with van der Waals surface area (Å²) in [6.07, 6.45) is 19.5. The summed E-state index contributed by atoms with van der Waals surface area (Å²) in [5, 5.41) is 0. The number of alkyl halides is 1. The summed E-state index contributed by atoms with van der Waals surface area (Å²) >= 11 is 0. The maximum atomic E-state index is 13.9. The van der Waals surface area contributed by atoms with Gasteiger partial charge in [-0.05, 0) is 43.2 Å². The molecule has 1 heterocycles. The summed E-state index contributed by atoms with van der Waals surface area (Å²) in [6.45, 7) is 4.61. The van der Waals surface area contributed by atoms with E-state index in [9.17, 15) is 4.39 Å². The lowest BCUT2D eigenvalue weighted by molar-refractivity contribution is 0.183. The third-order valence-corrected chi connectivity index (χ3v) is 6.59. The van der Waals surface area contributed by atoms with Crippen LogP contribution in [0.1, 0.15) is 109 Å². The first-order valence-electron chi connectivity index (χ1n) is 12.4. The molecule has 1 aliphatic rings. The van der Waals surface area contributed by atoms with Gasteiger partial charge in [0.15, 0.2) is 0 Å². The van der Waals surface area contributed by atoms with Crippen LogP contribution in [-0.2, 0) is 6.42 Å². The average Bonchev–Trinajstić information content (AvgIpc) is 2.75. The van der Waals surface area contributed by atoms with E-state index in [0.29, 0.717) is 12.2 Å². The van der Waals surface area contributed by atoms with Crippen LogP contribution in [0.25, 0.3) is 0 Å². The van der Waals surface area contributed by atoms with Crippen molar-refractivity contribution in [2.24, 2.45) is 11.8 Å². The first-order chi connectivity index (χ1) is 14.2. The molecule has 1 aromatic heterocycles. The molecule has 0 N–H and O–H groups in total. The minimum absolute atomic E-state index is 0.147. The summed E-state index contributed by atoms with van der Waals surface area (Å²) in [5.41, 5.74) is 1.14. The Balaban J connectivity index is 1.58. The molecular formula is C26H44FNO. The van der Waals surface area contributed by atoms with Crippen molar-refractivity contribution in [2.75, 3.05) is 6.61 Å². The largest absolute Gasteiger partial charge is 0.489 e. The normalized spacial score (nSPS) is 20.5. The van der Waals surface area contributed by atoms with Gasteiger partial charge in [0.2, 0.25) is 0 Å². The Morgan fingerprint density at radius 2 is 1.62 bits per heavy atom. The predicted octanol–water partition coefficient (Wildman–Crippen LogP) is 8.09. The van der Waals surface area contributed by atoms with Crippen molar-refractivity contribution < 1.29 is 9.13 Å². The lowest BCUT2D eigenvalue weighted by Crippen LogP contribution is -2.15. The number of nitrogens with zero attached hydrogens (tertiary/aromatic N) is 1. The lowest BCUT2D eigenvalue weighted by Gasteiger charge is -2.28. The van der Waals surface area contributed by atoms with Crippen LogP contribution in [0.4, 0.5) is 4.39 Å². The molecule has 1 aromatic rings. The maximum Gasteiger partial charge on any atom is 0.137 e. The van der Waals surface area contributed by atoms with Crippen molar-refractivity contribution in [3.8, 4) is 5.75 Å². The Morgan fingerprint density at radius 1 is 0.931 bits per heavy atom. The maximum absolute atomic E-state index is 13.9. The minimum Gasteiger partial charge on any atom is -0.489 e. The fraction of sp³-hybridized carbons (Fsp3) is 0.808. The van der Waals surface area contributed by atoms with Crippen LogP contribution in [-0.4, -0.2) is 17.8 Å². The highest BCUT2D eigenvalue weighted by Gasteiger charge is 2.20. The van der Waals surface area contributed by atoms with Crippen LogP contribution in [0.15, 0.2) is 18.3 Å². The Hall–Kier alpha value is -1.12. The fourth-order valence-electron chi connectivity index (χ4n) is 4.55. The SMILES string of the molecule is CCCCCCC(F)COc1ccc(CC[C@H]2CC[C@H](CCCCC)CC2)nc1. The van der Waals surface area contributed by atoms with E-state index in [1.165, 1.54) is 70.6 Å². The van der Waals surface area contributed by atoms with Crippen molar-refractivity contribution in [3.05, 3.63) is 24.0 Å². The molecule has 1 saturated carbocycles. The van der Waals surface area contributed by atoms with Crippen LogP contribution in [0.3, 0.4) is 0 Å². The van der Waals surface area contributed by atoms with Crippen LogP contribution >= 0.6 is 0 Å². The summed E-state index contributed by atoms with van der Waals surface area (Å²) in [5.74, 6) is 2.55. The second-order valence-electron chi connectivity index (χ2n) is 9.16. The number of hydrogen-bond donors (Lipinski definition) is 0. The molecule has 0 radical (unpaired) electrons. The van der Waals surface area contributed by atoms with Crippen LogP contribution in [0.2, 0.25) is 0 Å². The van der Waals surface area contributed by atoms with E-state index in [-0.39, 0.29) is 6.61 Å². The predicted molar refractivity (Wildman–Crippen MR) is 121 cm³/mol. The molecule has 1 aliphatic carbocycles. The molecule has 166 valence electrons. The highest BCUT2D eigenvalue weighted by atomic mass is 19.1. The second-order valence-corrected chi connectivity index (χ2v) is 9.16. The third-order valence-electron chi connectivity index (χ3n) is 6.59. The van der Waals surface area contributed by atoms with Gasteiger partial charge >= 0.3 is 0 Å². The van der Waals surface area contributed by atoms with Gasteiger partial charge < -0.3 is 4.74 Å². The molecule has 0 amide bonds. The molecular weight excluding hydrogens is 361 g/mol. The molecule has 1 fully saturated rings. The van der Waals surface area contributed by atoms with Gasteiger partial charge in [-0.25, -0.2) is 4.39 Å². The first kappa shape index (κ1) is 24.2. The van der Waals surface area contributed by atoms with E-state index in [2.05, 4.69) is 24.9 Å². The van der Waals surface area contributed by atoms with Gasteiger partial charge in [-0.2, -0.15) is 0 Å². The Bertz CT molecular complexity index is 510. The lowest BCUT2D eigenvalue weighted by atomic mass is 9.78. The highest BCUT2D eigenvalue weighted by molar-refractivity contribution is 5.20. The van der Waals surface area contributed by atoms with Crippen molar-refractivity contribution in [3.63, 3.8) is 0 Å². The molecule has 0 aliphatic heterocycles. The number of hydrogen-bond acceptors (Lipinski definition) is 2. The van der Waals surface area contributed by atoms with Crippen molar-refractivity contribution in [1.82, 2.24) is 4.98 Å². The van der Waals surface area contributed by atoms with Crippen LogP contribution in [0.5, 0.6) is 5.75 Å². The van der Waals surface area contributed by atoms with E-state index in [1.54, 1.807) is 6.20 Å². The molecule has 0 aromatic carbocycles. The fourth-order valence-corrected chi connectivity index (χ4v) is 4.55. The molecule has 0 saturated heterocycles. The zero-order valence-corrected chi connectivity index (χ0v) is 19.0. The van der Waals surface area contributed by atoms with Gasteiger partial charge in [-0.1, -0.05) is 90.9 Å². The molecule has 2 nitrogen and oxygen atoms in total. The number of aryl methyl sites for hydroxylation is 1. The number of pyridine rings is 1. The highest BCUT2D eigenvalue weighted by Crippen LogP contribution is 2.34. The Kier molecular flexibility index (Phi) is 12.3. The van der Waals surface area contributed by atoms with Crippen molar-refractivity contribution >= 4 is 0 Å². The van der Waals surface area contributed by atoms with Gasteiger partial charge in [-0.3, -0.25) is 4.98 Å². The summed E-state index contributed by atoms with van der Waals surface area (Å²) in [7, 11) is 0. The molecule has 1 atom stereocenters. The average molecular weight is 406 g/mol. The van der Waals surface area contributed by atoms with Gasteiger partial charge in [0.25, 0.3) is 0 Å². The van der Waals surface area contributed by atoms with Gasteiger partial charge in [0.1, 0.15) is 18.5 Å². The Labute approximate surface area is 179 Å². The van der Waals surface area contributed by atoms with E-state index in [1.807, 2.05) is 6.07 Å². The third kappa shape index (κ3) is 10.5. The molecule has 1 unspecified atom stereocenters. The molecule has 29 heavy (non-hydrogen) atoms. The summed E-state index contributed by atoms with van der Waals surface area (Å²) < 4.78 is 19.5. The quantitative estimate of drug-likeness (QED) is 0.275. The standard InChI is InChI=1S/C26H44FNO/c1-3-5-7-9-11-24(27)21-29-26-19-18-25(28-20-26)17-16-23-14-12-22(13-15-23)10-8-6-4-2/h18-20,22-24H,3-17,21H2,1-2H3/t22-,23-,24?. The Morgan fingerprint density at radius 3 is 2.28 bits per heavy atom. The monoisotopic (exact) mass is 405 g/mol. The van der Waals surface area contributed by atoms with Crippen LogP contribution in [0, 0.1) is 11.8 Å². The van der Waals surface area contributed by atoms with Crippen molar-refractivity contribution in [2.45, 2.75) is 116 Å². The number of unbranched alkanes of at least 4 members (excludes halogenated alkanes) is 5. The minimum atomic E-state index is -0.872. The van der Waals surface area contributed by atoms with Gasteiger partial charge in [0, 0.05) is 5.69 Å². The number of rotatable bonds is 15. The van der Waals surface area contributed by atoms with Crippen molar-refractivity contribution in [1.29, 1.82) is 0 Å². The molecule has 3 heteroatoms. The number of aromatic nitrogens is 1. The topological polar surface area (TPSA) is 22.1 Å². The van der Waals surface area contributed by atoms with E-state index >= 15 is 0 Å². The first-order valence-corrected chi connectivity index (χ1v) is 12.4. The summed E-state index contributed by atoms with van der Waals surface area (Å²) in [6, 6.07) is 4.01. The van der Waals surface area contributed by atoms with Gasteiger partial charge in [-0.15, -0.1) is 0 Å². The molecule has 0 bridgehead atoms. The zero-order valence-electron chi connectivity index (χ0n) is 19.0. The summed E-state index contributed by atoms with van der Waals surface area (Å²) in [4.78, 5) is 4.54. The van der Waals surface area contributed by atoms with E-state index in [0.717, 1.165) is 36.8 Å². The molecule has 2 rings (SSSR count). The van der Waals surface area contributed by atoms with E-state index in [4.69, 9.17) is 4.74 Å². The van der Waals surface area contributed by atoms with Crippen LogP contribution < -0.4 is 4.74 Å². The zero-order chi connectivity index (χ0) is 20.7. The molecule has 0 spiro atoms. The number of halogens is 1. The number of ether oxygens (including phenoxy) is 1. The second kappa shape index (κ2) is 14.8. The smallest absolute Gasteiger partial charge is 0.137 e. The van der Waals surface area contributed by atoms with E-state index < -0.39 is 6.17 Å².